The van der Waals surface area contributed by atoms with Crippen LogP contribution in [0.25, 0.3) is 21.9 Å². The number of thiol groups is 1. The van der Waals surface area contributed by atoms with Crippen molar-refractivity contribution in [2.45, 2.75) is 20.4 Å². The zero-order valence-corrected chi connectivity index (χ0v) is 15.7. The minimum Gasteiger partial charge on any atom is -0.304 e. The zero-order chi connectivity index (χ0) is 19.1. The van der Waals surface area contributed by atoms with Gasteiger partial charge in [-0.1, -0.05) is 12.1 Å². The molecule has 2 aromatic carbocycles. The van der Waals surface area contributed by atoms with Crippen molar-refractivity contribution in [3.8, 4) is 0 Å². The fraction of sp³-hybridized carbons (Fsp3) is 0.158. The summed E-state index contributed by atoms with van der Waals surface area (Å²) in [5.41, 5.74) is 5.62. The molecule has 27 heavy (non-hydrogen) atoms. The van der Waals surface area contributed by atoms with Gasteiger partial charge in [0, 0.05) is 11.1 Å². The molecule has 2 aromatic heterocycles. The summed E-state index contributed by atoms with van der Waals surface area (Å²) in [7, 11) is -2.74. The van der Waals surface area contributed by atoms with Crippen LogP contribution in [0, 0.1) is 13.8 Å². The third kappa shape index (κ3) is 3.19. The van der Waals surface area contributed by atoms with Gasteiger partial charge < -0.3 is 4.98 Å². The topological polar surface area (TPSA) is 96.8 Å². The van der Waals surface area contributed by atoms with Crippen molar-refractivity contribution in [1.82, 2.24) is 14.5 Å². The van der Waals surface area contributed by atoms with Crippen LogP contribution in [-0.2, 0) is 17.4 Å². The van der Waals surface area contributed by atoms with Crippen LogP contribution in [0.15, 0.2) is 47.4 Å². The summed E-state index contributed by atoms with van der Waals surface area (Å²) in [6.07, 6.45) is 1.67. The van der Waals surface area contributed by atoms with Gasteiger partial charge in [0.15, 0.2) is 0 Å². The maximum atomic E-state index is 12.6. The zero-order valence-electron chi connectivity index (χ0n) is 14.8. The minimum absolute atomic E-state index is 0.231. The maximum Gasteiger partial charge on any atom is 0.326 e. The number of nitrogens with one attached hydrogen (secondary N) is 2. The number of imidazole rings is 1. The second-order valence-corrected chi connectivity index (χ2v) is 7.30. The van der Waals surface area contributed by atoms with E-state index >= 15 is 0 Å². The van der Waals surface area contributed by atoms with Gasteiger partial charge in [0.2, 0.25) is 10.9 Å². The molecule has 4 rings (SSSR count). The Morgan fingerprint density at radius 1 is 1.15 bits per heavy atom. The SMILES string of the molecule is Cc1cc2ncc3[nH]c(=O)n(Cc4cccc(N[SH](=O)=O)c4)c3c2cc1C. The number of pyridine rings is 1. The average molecular weight is 382 g/mol. The first kappa shape index (κ1) is 17.3. The first-order valence-electron chi connectivity index (χ1n) is 8.41. The van der Waals surface area contributed by atoms with Gasteiger partial charge in [-0.05, 0) is 54.8 Å². The van der Waals surface area contributed by atoms with E-state index in [1.165, 1.54) is 0 Å². The first-order chi connectivity index (χ1) is 12.9. The molecule has 0 unspecified atom stereocenters. The number of anilines is 1. The van der Waals surface area contributed by atoms with Gasteiger partial charge in [0.05, 0.1) is 29.3 Å². The number of hydrogen-bond acceptors (Lipinski definition) is 4. The van der Waals surface area contributed by atoms with Crippen LogP contribution >= 0.6 is 0 Å². The Bertz CT molecular complexity index is 1310. The van der Waals surface area contributed by atoms with Gasteiger partial charge >= 0.3 is 5.69 Å². The fourth-order valence-electron chi connectivity index (χ4n) is 3.28. The second kappa shape index (κ2) is 6.55. The van der Waals surface area contributed by atoms with E-state index in [1.807, 2.05) is 32.0 Å². The molecule has 0 aliphatic heterocycles. The summed E-state index contributed by atoms with van der Waals surface area (Å²) < 4.78 is 25.8. The van der Waals surface area contributed by atoms with Crippen LogP contribution < -0.4 is 10.4 Å². The van der Waals surface area contributed by atoms with E-state index in [-0.39, 0.29) is 5.69 Å². The smallest absolute Gasteiger partial charge is 0.304 e. The molecular weight excluding hydrogens is 364 g/mol. The van der Waals surface area contributed by atoms with Crippen molar-refractivity contribution < 1.29 is 8.42 Å². The highest BCUT2D eigenvalue weighted by Gasteiger charge is 2.13. The molecule has 8 heteroatoms. The predicted octanol–water partition coefficient (Wildman–Crippen LogP) is 2.48. The molecule has 0 atom stereocenters. The van der Waals surface area contributed by atoms with Crippen molar-refractivity contribution in [3.05, 3.63) is 69.8 Å². The Kier molecular flexibility index (Phi) is 4.19. The Morgan fingerprint density at radius 2 is 1.93 bits per heavy atom. The number of fused-ring (bicyclic) bond motifs is 3. The number of aromatic amines is 1. The molecule has 4 aromatic rings. The third-order valence-corrected chi connectivity index (χ3v) is 5.14. The molecule has 0 fully saturated rings. The summed E-state index contributed by atoms with van der Waals surface area (Å²) in [6, 6.07) is 11.1. The summed E-state index contributed by atoms with van der Waals surface area (Å²) in [5, 5.41) is 0.908. The monoisotopic (exact) mass is 382 g/mol. The summed E-state index contributed by atoms with van der Waals surface area (Å²) in [5.74, 6) is 0. The molecule has 0 radical (unpaired) electrons. The average Bonchev–Trinajstić information content (AvgIpc) is 2.92. The van der Waals surface area contributed by atoms with Crippen molar-refractivity contribution in [1.29, 1.82) is 0 Å². The van der Waals surface area contributed by atoms with Crippen molar-refractivity contribution in [2.24, 2.45) is 0 Å². The van der Waals surface area contributed by atoms with Gasteiger partial charge in [-0.25, -0.2) is 13.2 Å². The second-order valence-electron chi connectivity index (χ2n) is 6.56. The molecule has 2 N–H and O–H groups in total. The molecule has 0 amide bonds. The van der Waals surface area contributed by atoms with E-state index < -0.39 is 10.9 Å². The molecule has 0 saturated carbocycles. The lowest BCUT2D eigenvalue weighted by Crippen LogP contribution is -2.17. The quantitative estimate of drug-likeness (QED) is 0.473. The molecule has 0 spiro atoms. The Hall–Kier alpha value is -3.13. The standard InChI is InChI=1S/C19H18N4O3S/c1-11-6-15-16(7-12(11)2)20-9-17-18(15)23(19(24)21-17)10-13-4-3-5-14(8-13)22-27(25)26/h3-9,27H,10H2,1-2H3,(H,21,24)(H,22,25,26). The Labute approximate surface area is 156 Å². The van der Waals surface area contributed by atoms with Gasteiger partial charge in [0.25, 0.3) is 0 Å². The fourth-order valence-corrected chi connectivity index (χ4v) is 3.63. The molecule has 0 saturated heterocycles. The highest BCUT2D eigenvalue weighted by Crippen LogP contribution is 2.25. The number of aryl methyl sites for hydroxylation is 2. The van der Waals surface area contributed by atoms with Gasteiger partial charge in [-0.3, -0.25) is 14.3 Å². The first-order valence-corrected chi connectivity index (χ1v) is 9.58. The van der Waals surface area contributed by atoms with Crippen molar-refractivity contribution in [3.63, 3.8) is 0 Å². The third-order valence-electron chi connectivity index (χ3n) is 4.70. The molecule has 2 heterocycles. The van der Waals surface area contributed by atoms with E-state index in [2.05, 4.69) is 14.7 Å². The number of aromatic nitrogens is 3. The largest absolute Gasteiger partial charge is 0.326 e. The van der Waals surface area contributed by atoms with Crippen LogP contribution in [0.3, 0.4) is 0 Å². The number of benzene rings is 2. The molecule has 138 valence electrons. The number of nitrogens with zero attached hydrogens (tertiary/aromatic N) is 2. The predicted molar refractivity (Wildman–Crippen MR) is 107 cm³/mol. The summed E-state index contributed by atoms with van der Waals surface area (Å²) in [6.45, 7) is 4.38. The molecule has 0 aliphatic carbocycles. The highest BCUT2D eigenvalue weighted by molar-refractivity contribution is 7.73. The van der Waals surface area contributed by atoms with Gasteiger partial charge in [-0.15, -0.1) is 0 Å². The van der Waals surface area contributed by atoms with E-state index in [0.717, 1.165) is 33.1 Å². The van der Waals surface area contributed by atoms with Crippen LogP contribution in [-0.4, -0.2) is 23.0 Å². The van der Waals surface area contributed by atoms with E-state index in [0.29, 0.717) is 17.7 Å². The highest BCUT2D eigenvalue weighted by atomic mass is 32.2. The number of H-pyrrole nitrogens is 1. The molecule has 7 nitrogen and oxygen atoms in total. The Morgan fingerprint density at radius 3 is 2.70 bits per heavy atom. The Balaban J connectivity index is 1.89. The van der Waals surface area contributed by atoms with Crippen LogP contribution in [0.5, 0.6) is 0 Å². The summed E-state index contributed by atoms with van der Waals surface area (Å²) in [4.78, 5) is 19.9. The maximum absolute atomic E-state index is 12.6. The lowest BCUT2D eigenvalue weighted by molar-refractivity contribution is 0.619. The van der Waals surface area contributed by atoms with Crippen molar-refractivity contribution >= 4 is 38.5 Å². The summed E-state index contributed by atoms with van der Waals surface area (Å²) >= 11 is 0. The van der Waals surface area contributed by atoms with Crippen molar-refractivity contribution in [2.75, 3.05) is 4.72 Å². The molecule has 0 bridgehead atoms. The minimum atomic E-state index is -2.74. The van der Waals surface area contributed by atoms with E-state index in [1.54, 1.807) is 29.0 Å². The van der Waals surface area contributed by atoms with Crippen LogP contribution in [0.2, 0.25) is 0 Å². The number of hydrogen-bond donors (Lipinski definition) is 3. The van der Waals surface area contributed by atoms with E-state index in [4.69, 9.17) is 0 Å². The number of rotatable bonds is 4. The lowest BCUT2D eigenvalue weighted by atomic mass is 10.1. The normalized spacial score (nSPS) is 11.5. The van der Waals surface area contributed by atoms with E-state index in [9.17, 15) is 13.2 Å². The molecule has 0 aliphatic rings. The van der Waals surface area contributed by atoms with Crippen LogP contribution in [0.1, 0.15) is 16.7 Å². The lowest BCUT2D eigenvalue weighted by Gasteiger charge is -2.09. The molecular formula is C19H18N4O3S. The van der Waals surface area contributed by atoms with Crippen LogP contribution in [0.4, 0.5) is 5.69 Å². The van der Waals surface area contributed by atoms with Gasteiger partial charge in [0.1, 0.15) is 0 Å². The van der Waals surface area contributed by atoms with Gasteiger partial charge in [-0.2, -0.15) is 0 Å².